The fourth-order valence-electron chi connectivity index (χ4n) is 2.57. The minimum atomic E-state index is -0.410. The van der Waals surface area contributed by atoms with E-state index in [0.29, 0.717) is 24.3 Å². The normalized spacial score (nSPS) is 13.7. The van der Waals surface area contributed by atoms with Gasteiger partial charge < -0.3 is 14.6 Å². The van der Waals surface area contributed by atoms with E-state index < -0.39 is 6.10 Å². The van der Waals surface area contributed by atoms with Crippen LogP contribution in [0, 0.1) is 11.8 Å². The second-order valence-electron chi connectivity index (χ2n) is 6.43. The molecule has 1 N–H and O–H groups in total. The van der Waals surface area contributed by atoms with Crippen molar-refractivity contribution in [3.63, 3.8) is 0 Å². The summed E-state index contributed by atoms with van der Waals surface area (Å²) in [4.78, 5) is 12.5. The van der Waals surface area contributed by atoms with Crippen molar-refractivity contribution in [3.05, 3.63) is 23.8 Å². The number of aliphatic hydroxyl groups is 1. The smallest absolute Gasteiger partial charge is 0.314 e. The molecule has 0 aliphatic rings. The maximum atomic E-state index is 12.5. The van der Waals surface area contributed by atoms with Gasteiger partial charge in [-0.25, -0.2) is 0 Å². The van der Waals surface area contributed by atoms with Crippen LogP contribution in [0.5, 0.6) is 11.5 Å². The molecule has 0 spiro atoms. The van der Waals surface area contributed by atoms with Crippen LogP contribution < -0.4 is 9.47 Å². The van der Waals surface area contributed by atoms with Gasteiger partial charge in [0.25, 0.3) is 0 Å². The number of hydrogen-bond acceptors (Lipinski definition) is 4. The number of esters is 1. The standard InChI is InChI=1S/C19H30O4/c1-6-7-15-9-11-17(18(12-15)22-5)23-19(21)16(13(2)3)10-8-14(4)20/h9,11-14,16,20H,6-8,10H2,1-5H3. The zero-order valence-electron chi connectivity index (χ0n) is 15.0. The minimum absolute atomic E-state index is 0.159. The van der Waals surface area contributed by atoms with Gasteiger partial charge in [0.15, 0.2) is 11.5 Å². The SMILES string of the molecule is CCCc1ccc(OC(=O)C(CCC(C)O)C(C)C)c(OC)c1. The number of ether oxygens (including phenoxy) is 2. The van der Waals surface area contributed by atoms with E-state index in [-0.39, 0.29) is 17.8 Å². The Morgan fingerprint density at radius 2 is 1.87 bits per heavy atom. The Labute approximate surface area is 139 Å². The van der Waals surface area contributed by atoms with Gasteiger partial charge in [-0.15, -0.1) is 0 Å². The van der Waals surface area contributed by atoms with Crippen LogP contribution in [0.3, 0.4) is 0 Å². The molecule has 0 bridgehead atoms. The van der Waals surface area contributed by atoms with Gasteiger partial charge in [-0.2, -0.15) is 0 Å². The van der Waals surface area contributed by atoms with E-state index in [0.717, 1.165) is 12.8 Å². The van der Waals surface area contributed by atoms with Crippen LogP contribution in [0.15, 0.2) is 18.2 Å². The van der Waals surface area contributed by atoms with Gasteiger partial charge in [0.2, 0.25) is 0 Å². The van der Waals surface area contributed by atoms with Crippen molar-refractivity contribution in [3.8, 4) is 11.5 Å². The fourth-order valence-corrected chi connectivity index (χ4v) is 2.57. The minimum Gasteiger partial charge on any atom is -0.493 e. The molecule has 2 atom stereocenters. The van der Waals surface area contributed by atoms with Crippen molar-refractivity contribution in [2.45, 2.75) is 59.5 Å². The number of hydrogen-bond donors (Lipinski definition) is 1. The van der Waals surface area contributed by atoms with Crippen molar-refractivity contribution in [2.24, 2.45) is 11.8 Å². The molecule has 1 aromatic rings. The van der Waals surface area contributed by atoms with Gasteiger partial charge in [0, 0.05) is 0 Å². The third-order valence-corrected chi connectivity index (χ3v) is 3.98. The summed E-state index contributed by atoms with van der Waals surface area (Å²) >= 11 is 0. The Morgan fingerprint density at radius 1 is 1.17 bits per heavy atom. The number of rotatable bonds is 9. The lowest BCUT2D eigenvalue weighted by Crippen LogP contribution is -2.26. The highest BCUT2D eigenvalue weighted by atomic mass is 16.6. The molecule has 2 unspecified atom stereocenters. The van der Waals surface area contributed by atoms with Crippen LogP contribution in [-0.2, 0) is 11.2 Å². The van der Waals surface area contributed by atoms with E-state index >= 15 is 0 Å². The first-order valence-corrected chi connectivity index (χ1v) is 8.45. The largest absolute Gasteiger partial charge is 0.493 e. The molecule has 0 saturated carbocycles. The number of aliphatic hydroxyl groups excluding tert-OH is 1. The highest BCUT2D eigenvalue weighted by Crippen LogP contribution is 2.30. The second-order valence-corrected chi connectivity index (χ2v) is 6.43. The average molecular weight is 322 g/mol. The molecule has 0 aliphatic carbocycles. The Morgan fingerprint density at radius 3 is 2.39 bits per heavy atom. The molecular formula is C19H30O4. The molecule has 0 radical (unpaired) electrons. The third-order valence-electron chi connectivity index (χ3n) is 3.98. The first-order valence-electron chi connectivity index (χ1n) is 8.45. The molecule has 0 aliphatic heterocycles. The Bertz CT molecular complexity index is 494. The second kappa shape index (κ2) is 9.56. The number of carbonyl (C=O) groups excluding carboxylic acids is 1. The maximum absolute atomic E-state index is 12.5. The zero-order valence-corrected chi connectivity index (χ0v) is 15.0. The molecule has 0 fully saturated rings. The summed E-state index contributed by atoms with van der Waals surface area (Å²) < 4.78 is 10.9. The van der Waals surface area contributed by atoms with Crippen LogP contribution in [-0.4, -0.2) is 24.3 Å². The number of benzene rings is 1. The van der Waals surface area contributed by atoms with E-state index in [2.05, 4.69) is 6.92 Å². The van der Waals surface area contributed by atoms with Gasteiger partial charge in [-0.3, -0.25) is 4.79 Å². The number of carbonyl (C=O) groups is 1. The summed E-state index contributed by atoms with van der Waals surface area (Å²) in [5.41, 5.74) is 1.17. The van der Waals surface area contributed by atoms with Crippen LogP contribution in [0.2, 0.25) is 0 Å². The van der Waals surface area contributed by atoms with E-state index in [1.54, 1.807) is 20.1 Å². The molecule has 130 valence electrons. The first kappa shape index (κ1) is 19.5. The molecule has 0 amide bonds. The lowest BCUT2D eigenvalue weighted by molar-refractivity contribution is -0.141. The van der Waals surface area contributed by atoms with Gasteiger partial charge in [-0.05, 0) is 49.8 Å². The average Bonchev–Trinajstić information content (AvgIpc) is 2.48. The molecular weight excluding hydrogens is 292 g/mol. The molecule has 0 saturated heterocycles. The zero-order chi connectivity index (χ0) is 17.4. The van der Waals surface area contributed by atoms with Crippen LogP contribution in [0.25, 0.3) is 0 Å². The lowest BCUT2D eigenvalue weighted by atomic mass is 9.90. The van der Waals surface area contributed by atoms with Crippen LogP contribution in [0.1, 0.15) is 52.5 Å². The predicted octanol–water partition coefficient (Wildman–Crippen LogP) is 3.99. The first-order chi connectivity index (χ1) is 10.9. The lowest BCUT2D eigenvalue weighted by Gasteiger charge is -2.20. The Balaban J connectivity index is 2.84. The molecule has 23 heavy (non-hydrogen) atoms. The summed E-state index contributed by atoms with van der Waals surface area (Å²) in [5, 5.41) is 9.45. The summed E-state index contributed by atoms with van der Waals surface area (Å²) in [6.45, 7) is 7.85. The number of methoxy groups -OCH3 is 1. The van der Waals surface area contributed by atoms with Crippen molar-refractivity contribution in [1.82, 2.24) is 0 Å². The van der Waals surface area contributed by atoms with Crippen molar-refractivity contribution in [2.75, 3.05) is 7.11 Å². The molecule has 4 heteroatoms. The molecule has 0 heterocycles. The summed E-state index contributed by atoms with van der Waals surface area (Å²) in [6, 6.07) is 5.69. The van der Waals surface area contributed by atoms with Crippen LogP contribution >= 0.6 is 0 Å². The molecule has 1 rings (SSSR count). The highest BCUT2D eigenvalue weighted by Gasteiger charge is 2.25. The summed E-state index contributed by atoms with van der Waals surface area (Å²) in [6.07, 6.45) is 2.81. The van der Waals surface area contributed by atoms with Crippen LogP contribution in [0.4, 0.5) is 0 Å². The molecule has 1 aromatic carbocycles. The van der Waals surface area contributed by atoms with E-state index in [1.165, 1.54) is 5.56 Å². The third kappa shape index (κ3) is 6.22. The summed E-state index contributed by atoms with van der Waals surface area (Å²) in [5.74, 6) is 0.709. The maximum Gasteiger partial charge on any atom is 0.314 e. The van der Waals surface area contributed by atoms with Crippen molar-refractivity contribution in [1.29, 1.82) is 0 Å². The fraction of sp³-hybridized carbons (Fsp3) is 0.632. The molecule has 4 nitrogen and oxygen atoms in total. The highest BCUT2D eigenvalue weighted by molar-refractivity contribution is 5.76. The van der Waals surface area contributed by atoms with Gasteiger partial charge >= 0.3 is 5.97 Å². The Hall–Kier alpha value is -1.55. The monoisotopic (exact) mass is 322 g/mol. The van der Waals surface area contributed by atoms with Crippen molar-refractivity contribution >= 4 is 5.97 Å². The van der Waals surface area contributed by atoms with E-state index in [9.17, 15) is 9.90 Å². The quantitative estimate of drug-likeness (QED) is 0.552. The molecule has 0 aromatic heterocycles. The Kier molecular flexibility index (Phi) is 8.10. The van der Waals surface area contributed by atoms with Gasteiger partial charge in [0.05, 0.1) is 19.1 Å². The topological polar surface area (TPSA) is 55.8 Å². The van der Waals surface area contributed by atoms with Gasteiger partial charge in [-0.1, -0.05) is 33.3 Å². The van der Waals surface area contributed by atoms with Gasteiger partial charge in [0.1, 0.15) is 0 Å². The van der Waals surface area contributed by atoms with E-state index in [4.69, 9.17) is 9.47 Å². The van der Waals surface area contributed by atoms with E-state index in [1.807, 2.05) is 26.0 Å². The van der Waals surface area contributed by atoms with Crippen molar-refractivity contribution < 1.29 is 19.4 Å². The number of aryl methyl sites for hydroxylation is 1. The summed E-state index contributed by atoms with van der Waals surface area (Å²) in [7, 11) is 1.58. The predicted molar refractivity (Wildman–Crippen MR) is 91.9 cm³/mol.